The Bertz CT molecular complexity index is 887. The Hall–Kier alpha value is -2.82. The van der Waals surface area contributed by atoms with E-state index < -0.39 is 5.82 Å². The molecule has 0 saturated carbocycles. The van der Waals surface area contributed by atoms with Crippen LogP contribution in [0.2, 0.25) is 0 Å². The molecular weight excluding hydrogens is 293 g/mol. The van der Waals surface area contributed by atoms with E-state index in [1.54, 1.807) is 23.1 Å². The first-order valence-corrected chi connectivity index (χ1v) is 7.61. The number of urea groups is 1. The van der Waals surface area contributed by atoms with Gasteiger partial charge in [-0.05, 0) is 30.2 Å². The fraction of sp³-hybridized carbons (Fsp3) is 0.167. The Kier molecular flexibility index (Phi) is 3.26. The maximum absolute atomic E-state index is 13.7. The predicted octanol–water partition coefficient (Wildman–Crippen LogP) is 3.90. The second-order valence-corrected chi connectivity index (χ2v) is 5.71. The summed E-state index contributed by atoms with van der Waals surface area (Å²) in [5.41, 5.74) is 3.63. The van der Waals surface area contributed by atoms with E-state index in [1.807, 2.05) is 18.2 Å². The Morgan fingerprint density at radius 3 is 2.78 bits per heavy atom. The lowest BCUT2D eigenvalue weighted by atomic mass is 10.0. The number of H-pyrrole nitrogens is 1. The summed E-state index contributed by atoms with van der Waals surface area (Å²) in [6, 6.07) is 14.1. The van der Waals surface area contributed by atoms with Gasteiger partial charge in [-0.25, -0.2) is 9.18 Å². The van der Waals surface area contributed by atoms with Crippen molar-refractivity contribution in [3.63, 3.8) is 0 Å². The number of rotatable bonds is 1. The lowest BCUT2D eigenvalue weighted by molar-refractivity contribution is 0.205. The summed E-state index contributed by atoms with van der Waals surface area (Å²) in [6.45, 7) is 1.12. The average Bonchev–Trinajstić information content (AvgIpc) is 2.94. The van der Waals surface area contributed by atoms with E-state index in [2.05, 4.69) is 16.4 Å². The van der Waals surface area contributed by atoms with Crippen LogP contribution in [0.5, 0.6) is 0 Å². The van der Waals surface area contributed by atoms with E-state index in [1.165, 1.54) is 17.0 Å². The number of para-hydroxylation sites is 2. The molecule has 23 heavy (non-hydrogen) atoms. The monoisotopic (exact) mass is 309 g/mol. The molecule has 0 unspecified atom stereocenters. The molecular formula is C18H16FN3O. The van der Waals surface area contributed by atoms with Gasteiger partial charge in [0.1, 0.15) is 5.82 Å². The standard InChI is InChI=1S/C18H16FN3O/c19-14-6-2-4-8-16(14)21-18(23)22-10-9-13-12-5-1-3-7-15(12)20-17(13)11-22/h1-8,20H,9-11H2,(H,21,23). The quantitative estimate of drug-likeness (QED) is 0.704. The van der Waals surface area contributed by atoms with Crippen LogP contribution in [0, 0.1) is 5.82 Å². The maximum atomic E-state index is 13.7. The number of nitrogens with one attached hydrogen (secondary N) is 2. The van der Waals surface area contributed by atoms with Crippen LogP contribution in [0.3, 0.4) is 0 Å². The van der Waals surface area contributed by atoms with Gasteiger partial charge in [0, 0.05) is 23.1 Å². The second-order valence-electron chi connectivity index (χ2n) is 5.71. The lowest BCUT2D eigenvalue weighted by Gasteiger charge is -2.27. The number of halogens is 1. The number of fused-ring (bicyclic) bond motifs is 3. The highest BCUT2D eigenvalue weighted by Crippen LogP contribution is 2.27. The number of carbonyl (C=O) groups is 1. The molecule has 2 aromatic carbocycles. The third-order valence-electron chi connectivity index (χ3n) is 4.29. The Balaban J connectivity index is 1.56. The molecule has 2 N–H and O–H groups in total. The first-order chi connectivity index (χ1) is 11.2. The van der Waals surface area contributed by atoms with Crippen LogP contribution in [0.15, 0.2) is 48.5 Å². The van der Waals surface area contributed by atoms with Crippen LogP contribution < -0.4 is 5.32 Å². The fourth-order valence-corrected chi connectivity index (χ4v) is 3.12. The number of aromatic amines is 1. The molecule has 2 amide bonds. The first kappa shape index (κ1) is 13.8. The molecule has 2 heterocycles. The van der Waals surface area contributed by atoms with Gasteiger partial charge in [-0.2, -0.15) is 0 Å². The van der Waals surface area contributed by atoms with Crippen molar-refractivity contribution in [3.05, 3.63) is 65.6 Å². The van der Waals surface area contributed by atoms with Crippen molar-refractivity contribution in [2.75, 3.05) is 11.9 Å². The van der Waals surface area contributed by atoms with Gasteiger partial charge in [-0.15, -0.1) is 0 Å². The largest absolute Gasteiger partial charge is 0.357 e. The molecule has 0 bridgehead atoms. The van der Waals surface area contributed by atoms with Crippen LogP contribution in [-0.2, 0) is 13.0 Å². The Morgan fingerprint density at radius 2 is 1.91 bits per heavy atom. The van der Waals surface area contributed by atoms with Gasteiger partial charge in [0.05, 0.1) is 12.2 Å². The van der Waals surface area contributed by atoms with Crippen molar-refractivity contribution in [1.29, 1.82) is 0 Å². The van der Waals surface area contributed by atoms with E-state index >= 15 is 0 Å². The number of benzene rings is 2. The molecule has 0 aliphatic carbocycles. The smallest absolute Gasteiger partial charge is 0.322 e. The number of carbonyl (C=O) groups excluding carboxylic acids is 1. The highest BCUT2D eigenvalue weighted by molar-refractivity contribution is 5.90. The average molecular weight is 309 g/mol. The van der Waals surface area contributed by atoms with Crippen molar-refractivity contribution >= 4 is 22.6 Å². The summed E-state index contributed by atoms with van der Waals surface area (Å²) in [5.74, 6) is -0.427. The summed E-state index contributed by atoms with van der Waals surface area (Å²) < 4.78 is 13.7. The van der Waals surface area contributed by atoms with Crippen molar-refractivity contribution < 1.29 is 9.18 Å². The minimum atomic E-state index is -0.427. The number of amides is 2. The van der Waals surface area contributed by atoms with Crippen molar-refractivity contribution in [3.8, 4) is 0 Å². The van der Waals surface area contributed by atoms with E-state index in [4.69, 9.17) is 0 Å². The fourth-order valence-electron chi connectivity index (χ4n) is 3.12. The summed E-state index contributed by atoms with van der Waals surface area (Å²) >= 11 is 0. The first-order valence-electron chi connectivity index (χ1n) is 7.61. The van der Waals surface area contributed by atoms with Crippen LogP contribution in [0.1, 0.15) is 11.3 Å². The van der Waals surface area contributed by atoms with Crippen LogP contribution in [0.25, 0.3) is 10.9 Å². The third-order valence-corrected chi connectivity index (χ3v) is 4.29. The number of anilines is 1. The van der Waals surface area contributed by atoms with Gasteiger partial charge in [0.15, 0.2) is 0 Å². The molecule has 116 valence electrons. The van der Waals surface area contributed by atoms with Gasteiger partial charge < -0.3 is 15.2 Å². The number of nitrogens with zero attached hydrogens (tertiary/aromatic N) is 1. The molecule has 4 nitrogen and oxygen atoms in total. The van der Waals surface area contributed by atoms with Crippen molar-refractivity contribution in [2.45, 2.75) is 13.0 Å². The van der Waals surface area contributed by atoms with E-state index in [0.29, 0.717) is 13.1 Å². The predicted molar refractivity (Wildman–Crippen MR) is 87.8 cm³/mol. The Labute approximate surface area is 132 Å². The van der Waals surface area contributed by atoms with Gasteiger partial charge in [-0.1, -0.05) is 30.3 Å². The summed E-state index contributed by atoms with van der Waals surface area (Å²) in [7, 11) is 0. The zero-order valence-electron chi connectivity index (χ0n) is 12.5. The highest BCUT2D eigenvalue weighted by Gasteiger charge is 2.24. The molecule has 0 spiro atoms. The molecule has 4 rings (SSSR count). The molecule has 3 aromatic rings. The molecule has 0 atom stereocenters. The van der Waals surface area contributed by atoms with E-state index in [9.17, 15) is 9.18 Å². The zero-order valence-corrected chi connectivity index (χ0v) is 12.5. The maximum Gasteiger partial charge on any atom is 0.322 e. The molecule has 5 heteroatoms. The van der Waals surface area contributed by atoms with Crippen LogP contribution in [0.4, 0.5) is 14.9 Å². The molecule has 0 radical (unpaired) electrons. The molecule has 1 aliphatic heterocycles. The molecule has 1 aliphatic rings. The number of aromatic nitrogens is 1. The minimum absolute atomic E-state index is 0.208. The summed E-state index contributed by atoms with van der Waals surface area (Å²) in [4.78, 5) is 17.5. The zero-order chi connectivity index (χ0) is 15.8. The van der Waals surface area contributed by atoms with Crippen LogP contribution >= 0.6 is 0 Å². The third kappa shape index (κ3) is 2.44. The number of hydrogen-bond donors (Lipinski definition) is 2. The normalized spacial score (nSPS) is 13.9. The topological polar surface area (TPSA) is 48.1 Å². The second kappa shape index (κ2) is 5.43. The Morgan fingerprint density at radius 1 is 1.13 bits per heavy atom. The summed E-state index contributed by atoms with van der Waals surface area (Å²) in [6.07, 6.45) is 0.796. The molecule has 0 fully saturated rings. The SMILES string of the molecule is O=C(Nc1ccccc1F)N1CCc2c([nH]c3ccccc23)C1. The van der Waals surface area contributed by atoms with Gasteiger partial charge in [0.2, 0.25) is 0 Å². The number of hydrogen-bond acceptors (Lipinski definition) is 1. The van der Waals surface area contributed by atoms with E-state index in [0.717, 1.165) is 17.6 Å². The summed E-state index contributed by atoms with van der Waals surface area (Å²) in [5, 5.41) is 3.86. The van der Waals surface area contributed by atoms with Gasteiger partial charge in [-0.3, -0.25) is 0 Å². The van der Waals surface area contributed by atoms with E-state index in [-0.39, 0.29) is 11.7 Å². The molecule has 0 saturated heterocycles. The minimum Gasteiger partial charge on any atom is -0.357 e. The highest BCUT2D eigenvalue weighted by atomic mass is 19.1. The lowest BCUT2D eigenvalue weighted by Crippen LogP contribution is -2.39. The van der Waals surface area contributed by atoms with Crippen LogP contribution in [-0.4, -0.2) is 22.5 Å². The van der Waals surface area contributed by atoms with Gasteiger partial charge in [0.25, 0.3) is 0 Å². The van der Waals surface area contributed by atoms with Crippen molar-refractivity contribution in [1.82, 2.24) is 9.88 Å². The van der Waals surface area contributed by atoms with Crippen molar-refractivity contribution in [2.24, 2.45) is 0 Å². The molecule has 1 aromatic heterocycles. The van der Waals surface area contributed by atoms with Gasteiger partial charge >= 0.3 is 6.03 Å².